The van der Waals surface area contributed by atoms with Gasteiger partial charge in [0.15, 0.2) is 0 Å². The van der Waals surface area contributed by atoms with Crippen LogP contribution < -0.4 is 5.32 Å². The summed E-state index contributed by atoms with van der Waals surface area (Å²) in [5.41, 5.74) is 0. The number of anilines is 1. The lowest BCUT2D eigenvalue weighted by Crippen LogP contribution is -2.05. The first-order valence-electron chi connectivity index (χ1n) is 2.68. The molecule has 4 heteroatoms. The van der Waals surface area contributed by atoms with Gasteiger partial charge in [-0.3, -0.25) is 0 Å². The lowest BCUT2D eigenvalue weighted by Gasteiger charge is -2.06. The summed E-state index contributed by atoms with van der Waals surface area (Å²) in [6, 6.07) is 5.50. The normalized spacial score (nSPS) is 8.80. The lowest BCUT2D eigenvalue weighted by atomic mass is 10.5. The number of hydrogen-bond donors (Lipinski definition) is 1. The van der Waals surface area contributed by atoms with Crippen LogP contribution >= 0.6 is 12.2 Å². The zero-order valence-electron chi connectivity index (χ0n) is 5.07. The molecule has 0 spiro atoms. The van der Waals surface area contributed by atoms with Crippen LogP contribution in [0.15, 0.2) is 24.4 Å². The van der Waals surface area contributed by atoms with Gasteiger partial charge < -0.3 is 30.2 Å². The zero-order valence-corrected chi connectivity index (χ0v) is 6.71. The monoisotopic (exact) mass is 169 g/mol. The van der Waals surface area contributed by atoms with Gasteiger partial charge in [-0.2, -0.15) is 0 Å². The minimum absolute atomic E-state index is 0.318. The fraction of sp³-hybridized carbons (Fsp3) is 0. The van der Waals surface area contributed by atoms with Crippen molar-refractivity contribution in [2.75, 3.05) is 5.32 Å². The Balaban J connectivity index is 2.67. The van der Waals surface area contributed by atoms with E-state index in [4.69, 9.17) is 0 Å². The van der Waals surface area contributed by atoms with Crippen LogP contribution in [0.5, 0.6) is 0 Å². The first-order valence-corrected chi connectivity index (χ1v) is 3.50. The van der Waals surface area contributed by atoms with Gasteiger partial charge in [-0.15, -0.1) is 0 Å². The highest BCUT2D eigenvalue weighted by Gasteiger charge is 1.84. The SMILES string of the molecule is S=C([S-])Nc1ccccn1. The summed E-state index contributed by atoms with van der Waals surface area (Å²) < 4.78 is 0.318. The Hall–Kier alpha value is -0.740. The largest absolute Gasteiger partial charge is 0.411 e. The van der Waals surface area contributed by atoms with E-state index in [1.165, 1.54) is 0 Å². The van der Waals surface area contributed by atoms with E-state index in [-0.39, 0.29) is 0 Å². The molecule has 1 aromatic heterocycles. The number of rotatable bonds is 1. The molecule has 0 atom stereocenters. The molecule has 0 bridgehead atoms. The van der Waals surface area contributed by atoms with Gasteiger partial charge in [-0.1, -0.05) is 10.4 Å². The van der Waals surface area contributed by atoms with Crippen LogP contribution in [-0.2, 0) is 12.6 Å². The van der Waals surface area contributed by atoms with E-state index in [1.54, 1.807) is 12.3 Å². The van der Waals surface area contributed by atoms with Crippen molar-refractivity contribution >= 4 is 35.0 Å². The number of pyridine rings is 1. The predicted octanol–water partition coefficient (Wildman–Crippen LogP) is 1.33. The Labute approximate surface area is 70.1 Å². The van der Waals surface area contributed by atoms with E-state index in [0.717, 1.165) is 0 Å². The second-order valence-electron chi connectivity index (χ2n) is 1.63. The third kappa shape index (κ3) is 2.24. The van der Waals surface area contributed by atoms with Crippen LogP contribution in [0, 0.1) is 0 Å². The number of nitrogens with one attached hydrogen (secondary N) is 1. The van der Waals surface area contributed by atoms with Crippen molar-refractivity contribution in [2.45, 2.75) is 0 Å². The van der Waals surface area contributed by atoms with Crippen LogP contribution in [0.3, 0.4) is 0 Å². The molecule has 0 saturated heterocycles. The van der Waals surface area contributed by atoms with Crippen molar-refractivity contribution in [3.8, 4) is 0 Å². The molecule has 52 valence electrons. The molecule has 0 saturated carbocycles. The van der Waals surface area contributed by atoms with E-state index >= 15 is 0 Å². The maximum absolute atomic E-state index is 4.64. The molecule has 0 amide bonds. The number of aromatic nitrogens is 1. The van der Waals surface area contributed by atoms with Gasteiger partial charge in [0, 0.05) is 6.20 Å². The van der Waals surface area contributed by atoms with E-state index in [1.807, 2.05) is 12.1 Å². The average molecular weight is 169 g/mol. The minimum Gasteiger partial charge on any atom is -0.411 e. The van der Waals surface area contributed by atoms with E-state index in [0.29, 0.717) is 10.1 Å². The highest BCUT2D eigenvalue weighted by Crippen LogP contribution is 1.98. The molecular formula is C6H5N2S2-. The molecular weight excluding hydrogens is 164 g/mol. The topological polar surface area (TPSA) is 24.9 Å². The third-order valence-corrected chi connectivity index (χ3v) is 1.10. The first-order chi connectivity index (χ1) is 4.79. The summed E-state index contributed by atoms with van der Waals surface area (Å²) in [5, 5.41) is 2.74. The predicted molar refractivity (Wildman–Crippen MR) is 47.8 cm³/mol. The fourth-order valence-electron chi connectivity index (χ4n) is 0.541. The summed E-state index contributed by atoms with van der Waals surface area (Å²) >= 11 is 9.28. The number of thiocarbonyl (C=S) groups is 1. The molecule has 0 unspecified atom stereocenters. The Kier molecular flexibility index (Phi) is 2.53. The molecule has 0 radical (unpaired) electrons. The molecule has 0 aliphatic heterocycles. The molecule has 1 N–H and O–H groups in total. The molecule has 0 aliphatic carbocycles. The second-order valence-corrected chi connectivity index (χ2v) is 2.70. The second kappa shape index (κ2) is 3.43. The number of nitrogens with zero attached hydrogens (tertiary/aromatic N) is 1. The van der Waals surface area contributed by atoms with Gasteiger partial charge in [0.1, 0.15) is 5.82 Å². The Morgan fingerprint density at radius 2 is 2.40 bits per heavy atom. The Morgan fingerprint density at radius 3 is 2.90 bits per heavy atom. The van der Waals surface area contributed by atoms with Crippen molar-refractivity contribution in [3.63, 3.8) is 0 Å². The maximum Gasteiger partial charge on any atom is 0.128 e. The average Bonchev–Trinajstić information content (AvgIpc) is 1.88. The molecule has 0 aromatic carbocycles. The van der Waals surface area contributed by atoms with Gasteiger partial charge >= 0.3 is 0 Å². The van der Waals surface area contributed by atoms with Gasteiger partial charge in [-0.05, 0) is 12.1 Å². The van der Waals surface area contributed by atoms with Crippen LogP contribution in [0.4, 0.5) is 5.82 Å². The molecule has 2 nitrogen and oxygen atoms in total. The highest BCUT2D eigenvalue weighted by atomic mass is 32.1. The molecule has 1 heterocycles. The summed E-state index contributed by atoms with van der Waals surface area (Å²) in [6.07, 6.45) is 1.68. The van der Waals surface area contributed by atoms with Crippen molar-refractivity contribution in [1.29, 1.82) is 0 Å². The number of hydrogen-bond acceptors (Lipinski definition) is 3. The third-order valence-electron chi connectivity index (χ3n) is 0.895. The summed E-state index contributed by atoms with van der Waals surface area (Å²) in [7, 11) is 0. The zero-order chi connectivity index (χ0) is 7.40. The van der Waals surface area contributed by atoms with E-state index in [9.17, 15) is 0 Å². The standard InChI is InChI=1S/C6H6N2S2/c9-6(10)8-5-3-1-2-4-7-5/h1-4H,(H2,7,8,9,10)/p-1. The Bertz CT molecular complexity index is 222. The van der Waals surface area contributed by atoms with Crippen molar-refractivity contribution < 1.29 is 0 Å². The first kappa shape index (κ1) is 7.37. The van der Waals surface area contributed by atoms with Crippen molar-refractivity contribution in [2.24, 2.45) is 0 Å². The molecule has 0 fully saturated rings. The highest BCUT2D eigenvalue weighted by molar-refractivity contribution is 8.00. The molecule has 0 aliphatic rings. The van der Waals surface area contributed by atoms with Gasteiger partial charge in [0.05, 0.1) is 0 Å². The summed E-state index contributed by atoms with van der Waals surface area (Å²) in [6.45, 7) is 0. The van der Waals surface area contributed by atoms with E-state index in [2.05, 4.69) is 35.1 Å². The summed E-state index contributed by atoms with van der Waals surface area (Å²) in [4.78, 5) is 3.95. The van der Waals surface area contributed by atoms with Gasteiger partial charge in [0.2, 0.25) is 0 Å². The summed E-state index contributed by atoms with van der Waals surface area (Å²) in [5.74, 6) is 0.697. The lowest BCUT2D eigenvalue weighted by molar-refractivity contribution is 1.33. The minimum atomic E-state index is 0.318. The smallest absolute Gasteiger partial charge is 0.128 e. The maximum atomic E-state index is 4.64. The van der Waals surface area contributed by atoms with Crippen LogP contribution in [-0.4, -0.2) is 9.30 Å². The van der Waals surface area contributed by atoms with Crippen LogP contribution in [0.1, 0.15) is 0 Å². The van der Waals surface area contributed by atoms with Gasteiger partial charge in [0.25, 0.3) is 0 Å². The Morgan fingerprint density at radius 1 is 1.60 bits per heavy atom. The van der Waals surface area contributed by atoms with E-state index < -0.39 is 0 Å². The fourth-order valence-corrected chi connectivity index (χ4v) is 0.750. The van der Waals surface area contributed by atoms with Gasteiger partial charge in [-0.25, -0.2) is 4.98 Å². The van der Waals surface area contributed by atoms with Crippen molar-refractivity contribution in [3.05, 3.63) is 24.4 Å². The molecule has 1 rings (SSSR count). The van der Waals surface area contributed by atoms with Crippen LogP contribution in [0.2, 0.25) is 0 Å². The molecule has 10 heavy (non-hydrogen) atoms. The van der Waals surface area contributed by atoms with Crippen molar-refractivity contribution in [1.82, 2.24) is 4.98 Å². The molecule has 1 aromatic rings. The quantitative estimate of drug-likeness (QED) is 0.506. The van der Waals surface area contributed by atoms with Crippen LogP contribution in [0.25, 0.3) is 0 Å².